The van der Waals surface area contributed by atoms with Crippen LogP contribution in [0.15, 0.2) is 18.2 Å². The molecule has 0 aliphatic heterocycles. The van der Waals surface area contributed by atoms with E-state index in [1.54, 1.807) is 6.07 Å². The fourth-order valence-electron chi connectivity index (χ4n) is 2.57. The van der Waals surface area contributed by atoms with E-state index >= 15 is 0 Å². The lowest BCUT2D eigenvalue weighted by Crippen LogP contribution is -2.17. The maximum atomic E-state index is 13.3. The smallest absolute Gasteiger partial charge is 0.236 e. The van der Waals surface area contributed by atoms with Gasteiger partial charge in [-0.2, -0.15) is 0 Å². The summed E-state index contributed by atoms with van der Waals surface area (Å²) in [4.78, 5) is 9.45. The van der Waals surface area contributed by atoms with Crippen molar-refractivity contribution in [2.45, 2.75) is 59.5 Å². The largest absolute Gasteiger partial charge is 0.473 e. The summed E-state index contributed by atoms with van der Waals surface area (Å²) in [7, 11) is 0. The standard InChI is InChI=1S/C19H24ClFN2O/c1-5-13(6-2)24-19-17(8-4)22-18(16(7-3)23-19)14-10-9-12(21)11-15(14)20/h9-11,13H,5-8H2,1-4H3. The van der Waals surface area contributed by atoms with Crippen LogP contribution in [-0.4, -0.2) is 16.1 Å². The summed E-state index contributed by atoms with van der Waals surface area (Å²) in [6, 6.07) is 4.35. The first-order valence-corrected chi connectivity index (χ1v) is 8.93. The van der Waals surface area contributed by atoms with Gasteiger partial charge in [0.05, 0.1) is 22.5 Å². The molecule has 0 spiro atoms. The Bertz CT molecular complexity index is 702. The first-order chi connectivity index (χ1) is 11.5. The summed E-state index contributed by atoms with van der Waals surface area (Å²) >= 11 is 6.22. The third-order valence-electron chi connectivity index (χ3n) is 4.05. The number of aromatic nitrogens is 2. The number of nitrogens with zero attached hydrogens (tertiary/aromatic N) is 2. The van der Waals surface area contributed by atoms with Crippen LogP contribution < -0.4 is 4.74 Å². The van der Waals surface area contributed by atoms with Crippen molar-refractivity contribution in [1.29, 1.82) is 0 Å². The summed E-state index contributed by atoms with van der Waals surface area (Å²) in [5, 5.41) is 0.342. The highest BCUT2D eigenvalue weighted by atomic mass is 35.5. The molecule has 0 saturated heterocycles. The molecule has 2 aromatic rings. The third kappa shape index (κ3) is 4.04. The van der Waals surface area contributed by atoms with Crippen LogP contribution in [0.1, 0.15) is 51.9 Å². The van der Waals surface area contributed by atoms with E-state index < -0.39 is 0 Å². The molecule has 3 nitrogen and oxygen atoms in total. The Kier molecular flexibility index (Phi) is 6.55. The molecule has 1 aromatic heterocycles. The average molecular weight is 351 g/mol. The van der Waals surface area contributed by atoms with Gasteiger partial charge >= 0.3 is 0 Å². The summed E-state index contributed by atoms with van der Waals surface area (Å²) in [5.41, 5.74) is 3.01. The molecule has 0 amide bonds. The number of aryl methyl sites for hydroxylation is 2. The van der Waals surface area contributed by atoms with Crippen LogP contribution in [-0.2, 0) is 12.8 Å². The second-order valence-electron chi connectivity index (χ2n) is 5.66. The van der Waals surface area contributed by atoms with Gasteiger partial charge in [0.2, 0.25) is 5.88 Å². The van der Waals surface area contributed by atoms with Crippen molar-refractivity contribution >= 4 is 11.6 Å². The SMILES string of the molecule is CCc1nc(-c2ccc(F)cc2Cl)c(CC)nc1OC(CC)CC. The van der Waals surface area contributed by atoms with Gasteiger partial charge in [0, 0.05) is 5.56 Å². The van der Waals surface area contributed by atoms with Crippen LogP contribution in [0.25, 0.3) is 11.3 Å². The Morgan fingerprint density at radius 3 is 2.25 bits per heavy atom. The molecule has 24 heavy (non-hydrogen) atoms. The van der Waals surface area contributed by atoms with E-state index in [2.05, 4.69) is 13.8 Å². The monoisotopic (exact) mass is 350 g/mol. The second-order valence-corrected chi connectivity index (χ2v) is 6.07. The molecule has 1 heterocycles. The second kappa shape index (κ2) is 8.43. The van der Waals surface area contributed by atoms with Gasteiger partial charge in [-0.05, 0) is 43.9 Å². The minimum atomic E-state index is -0.362. The first-order valence-electron chi connectivity index (χ1n) is 8.55. The lowest BCUT2D eigenvalue weighted by atomic mass is 10.1. The molecule has 5 heteroatoms. The number of hydrogen-bond acceptors (Lipinski definition) is 3. The van der Waals surface area contributed by atoms with Gasteiger partial charge in [0.1, 0.15) is 11.5 Å². The Morgan fingerprint density at radius 2 is 1.71 bits per heavy atom. The van der Waals surface area contributed by atoms with E-state index in [9.17, 15) is 4.39 Å². The number of ether oxygens (including phenoxy) is 1. The predicted molar refractivity (Wildman–Crippen MR) is 96.2 cm³/mol. The van der Waals surface area contributed by atoms with Gasteiger partial charge in [0.25, 0.3) is 0 Å². The molecule has 0 fully saturated rings. The fraction of sp³-hybridized carbons (Fsp3) is 0.474. The fourth-order valence-corrected chi connectivity index (χ4v) is 2.83. The molecule has 0 radical (unpaired) electrons. The maximum absolute atomic E-state index is 13.3. The zero-order valence-electron chi connectivity index (χ0n) is 14.7. The zero-order chi connectivity index (χ0) is 17.7. The lowest BCUT2D eigenvalue weighted by Gasteiger charge is -2.19. The minimum absolute atomic E-state index is 0.134. The van der Waals surface area contributed by atoms with E-state index in [4.69, 9.17) is 26.3 Å². The van der Waals surface area contributed by atoms with E-state index in [1.165, 1.54) is 12.1 Å². The Morgan fingerprint density at radius 1 is 1.04 bits per heavy atom. The van der Waals surface area contributed by atoms with Crippen LogP contribution in [0, 0.1) is 5.82 Å². The summed E-state index contributed by atoms with van der Waals surface area (Å²) in [6.07, 6.45) is 3.38. The molecule has 0 unspecified atom stereocenters. The van der Waals surface area contributed by atoms with Crippen molar-refractivity contribution in [3.05, 3.63) is 40.4 Å². The molecular weight excluding hydrogens is 327 g/mol. The Labute approximate surface area is 148 Å². The van der Waals surface area contributed by atoms with Crippen LogP contribution >= 0.6 is 11.6 Å². The highest BCUT2D eigenvalue weighted by Crippen LogP contribution is 2.32. The van der Waals surface area contributed by atoms with E-state index in [0.29, 0.717) is 35.0 Å². The number of benzene rings is 1. The van der Waals surface area contributed by atoms with Crippen molar-refractivity contribution in [2.75, 3.05) is 0 Å². The van der Waals surface area contributed by atoms with Crippen molar-refractivity contribution in [3.8, 4) is 17.1 Å². The molecular formula is C19H24ClFN2O. The molecule has 0 atom stereocenters. The van der Waals surface area contributed by atoms with E-state index in [1.807, 2.05) is 13.8 Å². The van der Waals surface area contributed by atoms with Gasteiger partial charge in [-0.1, -0.05) is 39.3 Å². The van der Waals surface area contributed by atoms with Gasteiger partial charge in [-0.3, -0.25) is 0 Å². The maximum Gasteiger partial charge on any atom is 0.236 e. The molecule has 2 rings (SSSR count). The molecule has 0 bridgehead atoms. The molecule has 130 valence electrons. The summed E-state index contributed by atoms with van der Waals surface area (Å²) in [6.45, 7) is 8.23. The first kappa shape index (κ1) is 18.7. The molecule has 0 aliphatic carbocycles. The van der Waals surface area contributed by atoms with E-state index in [0.717, 1.165) is 24.2 Å². The molecule has 1 aromatic carbocycles. The van der Waals surface area contributed by atoms with Gasteiger partial charge in [-0.25, -0.2) is 14.4 Å². The minimum Gasteiger partial charge on any atom is -0.473 e. The van der Waals surface area contributed by atoms with Crippen LogP contribution in [0.5, 0.6) is 5.88 Å². The van der Waals surface area contributed by atoms with Gasteiger partial charge in [0.15, 0.2) is 0 Å². The zero-order valence-corrected chi connectivity index (χ0v) is 15.5. The van der Waals surface area contributed by atoms with Crippen molar-refractivity contribution in [1.82, 2.24) is 9.97 Å². The van der Waals surface area contributed by atoms with Crippen molar-refractivity contribution < 1.29 is 9.13 Å². The molecule has 0 N–H and O–H groups in total. The van der Waals surface area contributed by atoms with E-state index in [-0.39, 0.29) is 11.9 Å². The van der Waals surface area contributed by atoms with Gasteiger partial charge in [-0.15, -0.1) is 0 Å². The lowest BCUT2D eigenvalue weighted by molar-refractivity contribution is 0.181. The number of hydrogen-bond donors (Lipinski definition) is 0. The van der Waals surface area contributed by atoms with Gasteiger partial charge < -0.3 is 4.74 Å². The van der Waals surface area contributed by atoms with Crippen molar-refractivity contribution in [3.63, 3.8) is 0 Å². The predicted octanol–water partition coefficient (Wildman–Crippen LogP) is 5.63. The van der Waals surface area contributed by atoms with Crippen LogP contribution in [0.4, 0.5) is 4.39 Å². The van der Waals surface area contributed by atoms with Crippen LogP contribution in [0.2, 0.25) is 5.02 Å². The third-order valence-corrected chi connectivity index (χ3v) is 4.36. The Balaban J connectivity index is 2.53. The highest BCUT2D eigenvalue weighted by Gasteiger charge is 2.18. The average Bonchev–Trinajstić information content (AvgIpc) is 2.59. The molecule has 0 saturated carbocycles. The highest BCUT2D eigenvalue weighted by molar-refractivity contribution is 6.33. The Hall–Kier alpha value is -1.68. The topological polar surface area (TPSA) is 35.0 Å². The van der Waals surface area contributed by atoms with Crippen molar-refractivity contribution in [2.24, 2.45) is 0 Å². The van der Waals surface area contributed by atoms with Crippen LogP contribution in [0.3, 0.4) is 0 Å². The normalized spacial score (nSPS) is 11.1. The summed E-state index contributed by atoms with van der Waals surface area (Å²) in [5.74, 6) is 0.240. The quantitative estimate of drug-likeness (QED) is 0.649. The molecule has 0 aliphatic rings. The number of rotatable bonds is 7. The number of halogens is 2. The summed E-state index contributed by atoms with van der Waals surface area (Å²) < 4.78 is 19.4.